The van der Waals surface area contributed by atoms with Gasteiger partial charge in [-0.1, -0.05) is 6.07 Å². The van der Waals surface area contributed by atoms with E-state index >= 15 is 0 Å². The van der Waals surface area contributed by atoms with Gasteiger partial charge in [0, 0.05) is 24.6 Å². The van der Waals surface area contributed by atoms with Crippen LogP contribution in [0, 0.1) is 0 Å². The zero-order valence-corrected chi connectivity index (χ0v) is 10.2. The van der Waals surface area contributed by atoms with Crippen LogP contribution in [0.4, 0.5) is 0 Å². The number of aromatic nitrogens is 1. The van der Waals surface area contributed by atoms with Crippen LogP contribution >= 0.6 is 11.8 Å². The van der Waals surface area contributed by atoms with Crippen molar-refractivity contribution in [2.24, 2.45) is 0 Å². The average Bonchev–Trinajstić information content (AvgIpc) is 2.28. The van der Waals surface area contributed by atoms with Crippen molar-refractivity contribution in [2.75, 3.05) is 5.75 Å². The number of carboxylic acid groups (broad SMARTS) is 1. The van der Waals surface area contributed by atoms with Crippen LogP contribution in [0.1, 0.15) is 12.6 Å². The van der Waals surface area contributed by atoms with Gasteiger partial charge in [0.2, 0.25) is 5.91 Å². The molecule has 1 aromatic heterocycles. The molecule has 0 aromatic carbocycles. The normalized spacial score (nSPS) is 11.8. The van der Waals surface area contributed by atoms with E-state index in [1.807, 2.05) is 18.2 Å². The van der Waals surface area contributed by atoms with Crippen LogP contribution in [0.5, 0.6) is 0 Å². The Morgan fingerprint density at radius 3 is 2.82 bits per heavy atom. The van der Waals surface area contributed by atoms with E-state index in [2.05, 4.69) is 10.3 Å². The SMILES string of the molecule is CC(=O)NC(CSCc1ccccn1)C(=O)O. The van der Waals surface area contributed by atoms with E-state index in [-0.39, 0.29) is 5.91 Å². The summed E-state index contributed by atoms with van der Waals surface area (Å²) in [6.45, 7) is 1.30. The molecule has 0 spiro atoms. The summed E-state index contributed by atoms with van der Waals surface area (Å²) in [6.07, 6.45) is 1.69. The Labute approximate surface area is 104 Å². The molecule has 0 saturated carbocycles. The van der Waals surface area contributed by atoms with E-state index in [0.717, 1.165) is 5.69 Å². The second-order valence-corrected chi connectivity index (χ2v) is 4.46. The Balaban J connectivity index is 2.37. The molecular formula is C11H14N2O3S. The van der Waals surface area contributed by atoms with Crippen LogP contribution in [0.2, 0.25) is 0 Å². The first kappa shape index (κ1) is 13.5. The molecule has 1 amide bonds. The van der Waals surface area contributed by atoms with Gasteiger partial charge in [0.15, 0.2) is 0 Å². The largest absolute Gasteiger partial charge is 0.480 e. The van der Waals surface area contributed by atoms with Crippen molar-refractivity contribution in [3.8, 4) is 0 Å². The lowest BCUT2D eigenvalue weighted by atomic mass is 10.3. The summed E-state index contributed by atoms with van der Waals surface area (Å²) in [5.41, 5.74) is 0.893. The van der Waals surface area contributed by atoms with Crippen LogP contribution in [0.25, 0.3) is 0 Å². The van der Waals surface area contributed by atoms with Crippen LogP contribution in [0.3, 0.4) is 0 Å². The number of nitrogens with zero attached hydrogens (tertiary/aromatic N) is 1. The van der Waals surface area contributed by atoms with Crippen molar-refractivity contribution >= 4 is 23.6 Å². The van der Waals surface area contributed by atoms with Crippen LogP contribution in [-0.2, 0) is 15.3 Å². The molecule has 1 atom stereocenters. The minimum atomic E-state index is -1.02. The number of rotatable bonds is 6. The van der Waals surface area contributed by atoms with Gasteiger partial charge < -0.3 is 10.4 Å². The highest BCUT2D eigenvalue weighted by Gasteiger charge is 2.17. The third kappa shape index (κ3) is 5.35. The van der Waals surface area contributed by atoms with Gasteiger partial charge in [-0.25, -0.2) is 4.79 Å². The maximum atomic E-state index is 10.8. The molecule has 1 rings (SSSR count). The van der Waals surface area contributed by atoms with Gasteiger partial charge in [-0.15, -0.1) is 0 Å². The van der Waals surface area contributed by atoms with Gasteiger partial charge in [0.25, 0.3) is 0 Å². The topological polar surface area (TPSA) is 79.3 Å². The molecule has 17 heavy (non-hydrogen) atoms. The lowest BCUT2D eigenvalue weighted by Crippen LogP contribution is -2.41. The van der Waals surface area contributed by atoms with Crippen LogP contribution in [0.15, 0.2) is 24.4 Å². The number of amides is 1. The van der Waals surface area contributed by atoms with Crippen molar-refractivity contribution in [1.29, 1.82) is 0 Å². The second-order valence-electron chi connectivity index (χ2n) is 3.43. The van der Waals surface area contributed by atoms with Gasteiger partial charge in [0.05, 0.1) is 5.69 Å². The Bertz CT molecular complexity index is 384. The Hall–Kier alpha value is -1.56. The first-order chi connectivity index (χ1) is 8.09. The average molecular weight is 254 g/mol. The summed E-state index contributed by atoms with van der Waals surface area (Å²) in [4.78, 5) is 25.8. The second kappa shape index (κ2) is 6.90. The minimum absolute atomic E-state index is 0.325. The Morgan fingerprint density at radius 1 is 1.53 bits per heavy atom. The molecule has 1 aromatic rings. The number of hydrogen-bond donors (Lipinski definition) is 2. The highest BCUT2D eigenvalue weighted by atomic mass is 32.2. The Kier molecular flexibility index (Phi) is 5.48. The zero-order valence-electron chi connectivity index (χ0n) is 9.42. The molecule has 0 aliphatic heterocycles. The van der Waals surface area contributed by atoms with Crippen molar-refractivity contribution in [3.05, 3.63) is 30.1 Å². The molecule has 0 radical (unpaired) electrons. The molecule has 0 fully saturated rings. The summed E-state index contributed by atoms with van der Waals surface area (Å²) >= 11 is 1.43. The van der Waals surface area contributed by atoms with Crippen LogP contribution < -0.4 is 5.32 Å². The van der Waals surface area contributed by atoms with Gasteiger partial charge in [-0.05, 0) is 12.1 Å². The third-order valence-corrected chi connectivity index (χ3v) is 3.01. The van der Waals surface area contributed by atoms with Crippen molar-refractivity contribution in [2.45, 2.75) is 18.7 Å². The predicted octanol–water partition coefficient (Wildman–Crippen LogP) is 0.904. The summed E-state index contributed by atoms with van der Waals surface area (Å²) in [6, 6.07) is 4.74. The van der Waals surface area contributed by atoms with E-state index < -0.39 is 12.0 Å². The number of carbonyl (C=O) groups excluding carboxylic acids is 1. The molecule has 0 aliphatic rings. The van der Waals surface area contributed by atoms with E-state index in [1.54, 1.807) is 6.20 Å². The molecular weight excluding hydrogens is 240 g/mol. The number of pyridine rings is 1. The molecule has 1 heterocycles. The van der Waals surface area contributed by atoms with Crippen molar-refractivity contribution in [3.63, 3.8) is 0 Å². The summed E-state index contributed by atoms with van der Waals surface area (Å²) < 4.78 is 0. The first-order valence-electron chi connectivity index (χ1n) is 5.07. The van der Waals surface area contributed by atoms with Gasteiger partial charge in [-0.3, -0.25) is 9.78 Å². The lowest BCUT2D eigenvalue weighted by molar-refractivity contribution is -0.140. The molecule has 2 N–H and O–H groups in total. The third-order valence-electron chi connectivity index (χ3n) is 1.94. The monoisotopic (exact) mass is 254 g/mol. The fraction of sp³-hybridized carbons (Fsp3) is 0.364. The fourth-order valence-electron chi connectivity index (χ4n) is 1.18. The van der Waals surface area contributed by atoms with Gasteiger partial charge in [-0.2, -0.15) is 11.8 Å². The highest BCUT2D eigenvalue weighted by Crippen LogP contribution is 2.10. The molecule has 0 bridgehead atoms. The first-order valence-corrected chi connectivity index (χ1v) is 6.22. The number of carboxylic acids is 1. The Morgan fingerprint density at radius 2 is 2.29 bits per heavy atom. The quantitative estimate of drug-likeness (QED) is 0.788. The van der Waals surface area contributed by atoms with Crippen LogP contribution in [-0.4, -0.2) is 33.8 Å². The smallest absolute Gasteiger partial charge is 0.327 e. The zero-order chi connectivity index (χ0) is 12.7. The number of aliphatic carboxylic acids is 1. The fourth-order valence-corrected chi connectivity index (χ4v) is 2.14. The van der Waals surface area contributed by atoms with Crippen molar-refractivity contribution in [1.82, 2.24) is 10.3 Å². The van der Waals surface area contributed by atoms with E-state index in [9.17, 15) is 9.59 Å². The minimum Gasteiger partial charge on any atom is -0.480 e. The maximum absolute atomic E-state index is 10.8. The summed E-state index contributed by atoms with van der Waals surface area (Å²) in [5, 5.41) is 11.3. The highest BCUT2D eigenvalue weighted by molar-refractivity contribution is 7.98. The summed E-state index contributed by atoms with van der Waals surface area (Å²) in [5.74, 6) is -0.403. The van der Waals surface area contributed by atoms with E-state index in [1.165, 1.54) is 18.7 Å². The van der Waals surface area contributed by atoms with Gasteiger partial charge in [0.1, 0.15) is 6.04 Å². The maximum Gasteiger partial charge on any atom is 0.327 e. The number of hydrogen-bond acceptors (Lipinski definition) is 4. The molecule has 0 saturated heterocycles. The molecule has 5 nitrogen and oxygen atoms in total. The lowest BCUT2D eigenvalue weighted by Gasteiger charge is -2.12. The molecule has 6 heteroatoms. The van der Waals surface area contributed by atoms with Gasteiger partial charge >= 0.3 is 5.97 Å². The summed E-state index contributed by atoms with van der Waals surface area (Å²) in [7, 11) is 0. The van der Waals surface area contributed by atoms with E-state index in [4.69, 9.17) is 5.11 Å². The molecule has 92 valence electrons. The molecule has 0 aliphatic carbocycles. The molecule has 1 unspecified atom stereocenters. The predicted molar refractivity (Wildman–Crippen MR) is 65.6 cm³/mol. The number of carbonyl (C=O) groups is 2. The van der Waals surface area contributed by atoms with Crippen molar-refractivity contribution < 1.29 is 14.7 Å². The number of thioether (sulfide) groups is 1. The van der Waals surface area contributed by atoms with E-state index in [0.29, 0.717) is 11.5 Å². The number of nitrogens with one attached hydrogen (secondary N) is 1. The standard InChI is InChI=1S/C11H14N2O3S/c1-8(14)13-10(11(15)16)7-17-6-9-4-2-3-5-12-9/h2-5,10H,6-7H2,1H3,(H,13,14)(H,15,16).